The summed E-state index contributed by atoms with van der Waals surface area (Å²) in [6.45, 7) is 16.5. The van der Waals surface area contributed by atoms with Gasteiger partial charge in [0.2, 0.25) is 29.5 Å². The number of hydrogen-bond acceptors (Lipinski definition) is 12. The maximum Gasteiger partial charge on any atom is 0.253 e. The number of imide groups is 1. The van der Waals surface area contributed by atoms with Gasteiger partial charge in [0.15, 0.2) is 0 Å². The maximum atomic E-state index is 14.5. The number of amides is 7. The highest BCUT2D eigenvalue weighted by Crippen LogP contribution is 2.30. The third-order valence-electron chi connectivity index (χ3n) is 14.9. The van der Waals surface area contributed by atoms with Crippen LogP contribution in [0.25, 0.3) is 0 Å². The summed E-state index contributed by atoms with van der Waals surface area (Å²) >= 11 is 0. The number of likely N-dealkylation sites (tertiary alicyclic amines) is 1. The number of carbonyl (C=O) groups is 7. The highest BCUT2D eigenvalue weighted by molar-refractivity contribution is 6.12. The first-order valence-corrected chi connectivity index (χ1v) is 27.2. The molecule has 0 unspecified atom stereocenters. The smallest absolute Gasteiger partial charge is 0.253 e. The van der Waals surface area contributed by atoms with E-state index in [9.17, 15) is 33.6 Å². The number of rotatable bonds is 31. The molecule has 2 heterocycles. The Morgan fingerprint density at radius 2 is 1.45 bits per heavy atom. The van der Waals surface area contributed by atoms with Crippen LogP contribution < -0.4 is 20.8 Å². The van der Waals surface area contributed by atoms with E-state index in [4.69, 9.17) is 14.2 Å². The lowest BCUT2D eigenvalue weighted by Gasteiger charge is -2.41. The van der Waals surface area contributed by atoms with Crippen LogP contribution in [0.3, 0.4) is 0 Å². The van der Waals surface area contributed by atoms with Crippen LogP contribution in [-0.2, 0) is 49.5 Å². The molecule has 7 amide bonds. The Hall–Kier alpha value is -5.98. The second kappa shape index (κ2) is 33.5. The third kappa shape index (κ3) is 19.4. The number of likely N-dealkylation sites (N-methyl/N-ethyl adjacent to an activating group) is 2. The number of unbranched alkanes of at least 4 members (excludes halogenated alkanes) is 2. The number of nitrogens with zero attached hydrogens (tertiary/aromatic N) is 5. The Bertz CT molecular complexity index is 2260. The largest absolute Gasteiger partial charge is 0.491 e. The van der Waals surface area contributed by atoms with Gasteiger partial charge in [0.25, 0.3) is 11.8 Å². The molecule has 0 aromatic heterocycles. The fraction of sp³-hybridized carbons (Fsp3) is 0.633. The molecule has 0 aliphatic carbocycles. The highest BCUT2D eigenvalue weighted by atomic mass is 16.5. The van der Waals surface area contributed by atoms with Gasteiger partial charge in [-0.05, 0) is 106 Å². The molecule has 1 fully saturated rings. The first-order chi connectivity index (χ1) is 36.1. The lowest BCUT2D eigenvalue weighted by Crippen LogP contribution is -2.59. The second-order valence-electron chi connectivity index (χ2n) is 21.4. The number of methoxy groups -OCH3 is 2. The zero-order valence-corrected chi connectivity index (χ0v) is 47.5. The van der Waals surface area contributed by atoms with Crippen molar-refractivity contribution in [3.05, 3.63) is 77.9 Å². The van der Waals surface area contributed by atoms with Crippen molar-refractivity contribution in [2.45, 2.75) is 170 Å². The molecule has 78 heavy (non-hydrogen) atoms. The van der Waals surface area contributed by atoms with Crippen molar-refractivity contribution in [2.75, 3.05) is 55.1 Å². The Morgan fingerprint density at radius 3 is 2.01 bits per heavy atom. The van der Waals surface area contributed by atoms with Gasteiger partial charge >= 0.3 is 0 Å². The summed E-state index contributed by atoms with van der Waals surface area (Å²) < 4.78 is 18.5. The summed E-state index contributed by atoms with van der Waals surface area (Å²) in [6.07, 6.45) is 5.98. The molecule has 18 heteroatoms. The molecule has 2 aromatic carbocycles. The standard InChI is InChI=1S/C58H88N8O10.2CH4/c1-14-39(6)54(64(11)58(73)52(37(2)3)60-57(72)53(38(4)5)63(9)10)47(74-12)35-51(70)65-33-21-24-46(65)55(75-13)40(7)56(71)59-44(34-42-22-17-15-18-23-42)36-76-45-28-26-43(27-29-45)41(8)61-62-48(67)25-19-16-20-32-66-49(68)30-31-50(66)69;;/h15,17-18,22-23,26-31,37-40,44,46-47,52-55H,14,16,19-21,24-25,32-36H2,1-13H3,(H,59,71)(H,60,72)(H,62,67);2*1H4/b61-41-;;/t39-,40+,44-,46-,47+,52-,53-,54-,55+;;/m0../s1. The predicted molar refractivity (Wildman–Crippen MR) is 307 cm³/mol. The number of ether oxygens (including phenoxy) is 3. The summed E-state index contributed by atoms with van der Waals surface area (Å²) in [5.41, 5.74) is 5.00. The van der Waals surface area contributed by atoms with Gasteiger partial charge in [-0.25, -0.2) is 5.43 Å². The quantitative estimate of drug-likeness (QED) is 0.0302. The number of hydrazone groups is 1. The first-order valence-electron chi connectivity index (χ1n) is 27.2. The molecule has 3 N–H and O–H groups in total. The van der Waals surface area contributed by atoms with Crippen LogP contribution in [0.1, 0.15) is 133 Å². The number of hydrogen-bond donors (Lipinski definition) is 3. The van der Waals surface area contributed by atoms with Gasteiger partial charge in [-0.2, -0.15) is 5.10 Å². The van der Waals surface area contributed by atoms with E-state index in [0.717, 1.165) is 24.0 Å². The van der Waals surface area contributed by atoms with Gasteiger partial charge in [-0.1, -0.05) is 106 Å². The minimum atomic E-state index is -0.787. The molecule has 2 aliphatic heterocycles. The van der Waals surface area contributed by atoms with Gasteiger partial charge in [0.1, 0.15) is 18.4 Å². The molecule has 0 radical (unpaired) electrons. The van der Waals surface area contributed by atoms with Gasteiger partial charge in [0, 0.05) is 52.9 Å². The second-order valence-corrected chi connectivity index (χ2v) is 21.4. The van der Waals surface area contributed by atoms with E-state index >= 15 is 0 Å². The van der Waals surface area contributed by atoms with Crippen molar-refractivity contribution in [3.63, 3.8) is 0 Å². The molecular weight excluding hydrogens is 993 g/mol. The summed E-state index contributed by atoms with van der Waals surface area (Å²) in [6, 6.07) is 14.6. The lowest BCUT2D eigenvalue weighted by atomic mass is 9.89. The van der Waals surface area contributed by atoms with Gasteiger partial charge < -0.3 is 34.6 Å². The molecule has 1 saturated heterocycles. The van der Waals surface area contributed by atoms with E-state index in [2.05, 4.69) is 21.2 Å². The van der Waals surface area contributed by atoms with Crippen LogP contribution in [0.5, 0.6) is 5.75 Å². The molecule has 9 atom stereocenters. The van der Waals surface area contributed by atoms with E-state index in [1.165, 1.54) is 17.1 Å². The highest BCUT2D eigenvalue weighted by Gasteiger charge is 2.43. The topological polar surface area (TPSA) is 209 Å². The maximum absolute atomic E-state index is 14.5. The minimum absolute atomic E-state index is 0. The van der Waals surface area contributed by atoms with Gasteiger partial charge in [-0.15, -0.1) is 0 Å². The molecule has 0 spiro atoms. The Balaban J connectivity index is 0.0000104. The van der Waals surface area contributed by atoms with Crippen LogP contribution in [0.2, 0.25) is 0 Å². The lowest BCUT2D eigenvalue weighted by molar-refractivity contribution is -0.148. The molecule has 2 aliphatic rings. The molecular formula is C60H96N8O10. The Labute approximate surface area is 466 Å². The van der Waals surface area contributed by atoms with Crippen molar-refractivity contribution in [3.8, 4) is 5.75 Å². The average Bonchev–Trinajstić information content (AvgIpc) is 4.01. The molecule has 4 rings (SSSR count). The van der Waals surface area contributed by atoms with E-state index in [1.807, 2.05) is 127 Å². The molecule has 0 bridgehead atoms. The molecule has 2 aromatic rings. The van der Waals surface area contributed by atoms with Crippen molar-refractivity contribution in [2.24, 2.45) is 28.8 Å². The van der Waals surface area contributed by atoms with Crippen LogP contribution >= 0.6 is 0 Å². The fourth-order valence-electron chi connectivity index (χ4n) is 10.4. The van der Waals surface area contributed by atoms with E-state index < -0.39 is 42.3 Å². The fourth-order valence-corrected chi connectivity index (χ4v) is 10.4. The van der Waals surface area contributed by atoms with E-state index in [1.54, 1.807) is 33.1 Å². The van der Waals surface area contributed by atoms with Crippen LogP contribution in [0.15, 0.2) is 71.9 Å². The number of nitrogens with one attached hydrogen (secondary N) is 3. The van der Waals surface area contributed by atoms with Crippen LogP contribution in [0.4, 0.5) is 0 Å². The van der Waals surface area contributed by atoms with Crippen LogP contribution in [0, 0.1) is 23.7 Å². The predicted octanol–water partition coefficient (Wildman–Crippen LogP) is 7.04. The zero-order chi connectivity index (χ0) is 56.2. The summed E-state index contributed by atoms with van der Waals surface area (Å²) in [7, 11) is 8.57. The Morgan fingerprint density at radius 1 is 0.808 bits per heavy atom. The van der Waals surface area contributed by atoms with Gasteiger partial charge in [0.05, 0.1) is 54.4 Å². The number of benzene rings is 2. The van der Waals surface area contributed by atoms with E-state index in [-0.39, 0.29) is 99.4 Å². The van der Waals surface area contributed by atoms with Gasteiger partial charge in [-0.3, -0.25) is 43.4 Å². The molecule has 0 saturated carbocycles. The van der Waals surface area contributed by atoms with Crippen molar-refractivity contribution >= 4 is 47.1 Å². The first kappa shape index (κ1) is 68.1. The van der Waals surface area contributed by atoms with E-state index in [0.29, 0.717) is 56.7 Å². The van der Waals surface area contributed by atoms with Crippen molar-refractivity contribution in [1.29, 1.82) is 0 Å². The summed E-state index contributed by atoms with van der Waals surface area (Å²) in [5.74, 6) is -2.00. The monoisotopic (exact) mass is 1090 g/mol. The van der Waals surface area contributed by atoms with Crippen LogP contribution in [-0.4, -0.2) is 164 Å². The average molecular weight is 1090 g/mol. The van der Waals surface area contributed by atoms with Crippen molar-refractivity contribution in [1.82, 2.24) is 35.7 Å². The minimum Gasteiger partial charge on any atom is -0.491 e. The molecule has 436 valence electrons. The number of carbonyl (C=O) groups excluding carboxylic acids is 7. The summed E-state index contributed by atoms with van der Waals surface area (Å²) in [5, 5.41) is 10.6. The normalized spacial score (nSPS) is 17.6. The summed E-state index contributed by atoms with van der Waals surface area (Å²) in [4.78, 5) is 99.3. The Kier molecular flexibility index (Phi) is 29.2. The molecule has 18 nitrogen and oxygen atoms in total. The zero-order valence-electron chi connectivity index (χ0n) is 47.5. The SMILES string of the molecule is C.C.CC[C@H](C)[C@@H]([C@@H](CC(=O)N1CCC[C@H]1[C@H](OC)[C@@H](C)C(=O)N[C@H](COc1ccc(/C(C)=N\NC(=O)CCCCCN2C(=O)C=CC2=O)cc1)Cc1ccccc1)OC)N(C)C(=O)[C@@H](NC(=O)[C@H](C(C)C)N(C)C)C(C)C. The van der Waals surface area contributed by atoms with Crippen molar-refractivity contribution < 1.29 is 47.8 Å². The third-order valence-corrected chi connectivity index (χ3v) is 14.9.